The number of hydrogen-bond acceptors (Lipinski definition) is 5. The normalized spacial score (nSPS) is 19.3. The van der Waals surface area contributed by atoms with Crippen molar-refractivity contribution in [1.82, 2.24) is 4.90 Å². The maximum Gasteiger partial charge on any atom is 0.407 e. The molecule has 5 rings (SSSR count). The van der Waals surface area contributed by atoms with Gasteiger partial charge in [-0.3, -0.25) is 0 Å². The fraction of sp³-hybridized carbons (Fsp3) is 0.342. The molecule has 1 saturated heterocycles. The lowest BCUT2D eigenvalue weighted by Crippen LogP contribution is -2.52. The van der Waals surface area contributed by atoms with Crippen LogP contribution < -0.4 is 0 Å². The summed E-state index contributed by atoms with van der Waals surface area (Å²) in [5.41, 5.74) is 3.93. The van der Waals surface area contributed by atoms with Gasteiger partial charge in [0, 0.05) is 31.4 Å². The van der Waals surface area contributed by atoms with E-state index in [9.17, 15) is 15.0 Å². The summed E-state index contributed by atoms with van der Waals surface area (Å²) in [5.74, 6) is -0.325. The lowest BCUT2D eigenvalue weighted by Gasteiger charge is -2.43. The molecule has 1 heterocycles. The second-order valence-corrected chi connectivity index (χ2v) is 11.9. The molecule has 0 spiro atoms. The second kappa shape index (κ2) is 15.3. The Hall–Kier alpha value is -4.01. The molecule has 0 aliphatic carbocycles. The Labute approximate surface area is 266 Å². The van der Waals surface area contributed by atoms with Gasteiger partial charge in [0.2, 0.25) is 0 Å². The van der Waals surface area contributed by atoms with E-state index in [1.54, 1.807) is 7.11 Å². The number of piperidine rings is 1. The van der Waals surface area contributed by atoms with E-state index in [1.807, 2.05) is 78.9 Å². The minimum Gasteiger partial charge on any atom is -0.465 e. The quantitative estimate of drug-likeness (QED) is 0.167. The average molecular weight is 610 g/mol. The van der Waals surface area contributed by atoms with Crippen LogP contribution in [-0.2, 0) is 26.4 Å². The molecule has 0 radical (unpaired) electrons. The van der Waals surface area contributed by atoms with Crippen molar-refractivity contribution in [2.24, 2.45) is 11.8 Å². The molecule has 1 fully saturated rings. The standard InChI is InChI=1S/C38H43NO6/c1-28(24-43-2)25-44-26-29-18-20-30(21-19-29)36-31(22-39(37(41)42)23-35(36)40)27-45-38(32-12-6-3-7-13-32,33-14-8-4-9-15-33)34-16-10-5-11-17-34/h3-21,28,31,35-36,40H,22-27H2,1-2H3,(H,41,42)/t28-,31-,35-,36-/m0/s1. The molecule has 0 bridgehead atoms. The minimum absolute atomic E-state index is 0.0416. The van der Waals surface area contributed by atoms with E-state index >= 15 is 0 Å². The van der Waals surface area contributed by atoms with E-state index in [4.69, 9.17) is 14.2 Å². The molecule has 236 valence electrons. The highest BCUT2D eigenvalue weighted by Crippen LogP contribution is 2.43. The maximum atomic E-state index is 12.1. The third-order valence-corrected chi connectivity index (χ3v) is 8.60. The van der Waals surface area contributed by atoms with Crippen LogP contribution in [0.2, 0.25) is 0 Å². The monoisotopic (exact) mass is 609 g/mol. The largest absolute Gasteiger partial charge is 0.465 e. The Morgan fingerprint density at radius 1 is 0.822 bits per heavy atom. The predicted molar refractivity (Wildman–Crippen MR) is 174 cm³/mol. The number of benzene rings is 4. The maximum absolute atomic E-state index is 12.1. The molecule has 0 aromatic heterocycles. The Kier molecular flexibility index (Phi) is 11.0. The van der Waals surface area contributed by atoms with Crippen LogP contribution in [-0.4, -0.2) is 67.3 Å². The zero-order valence-corrected chi connectivity index (χ0v) is 26.0. The highest BCUT2D eigenvalue weighted by Gasteiger charge is 2.43. The number of nitrogens with zero attached hydrogens (tertiary/aromatic N) is 1. The topological polar surface area (TPSA) is 88.5 Å². The van der Waals surface area contributed by atoms with Crippen LogP contribution >= 0.6 is 0 Å². The number of hydrogen-bond donors (Lipinski definition) is 2. The summed E-state index contributed by atoms with van der Waals surface area (Å²) >= 11 is 0. The zero-order valence-electron chi connectivity index (χ0n) is 26.0. The molecular weight excluding hydrogens is 566 g/mol. The van der Waals surface area contributed by atoms with E-state index in [0.29, 0.717) is 25.7 Å². The summed E-state index contributed by atoms with van der Waals surface area (Å²) in [6.07, 6.45) is -1.94. The lowest BCUT2D eigenvalue weighted by atomic mass is 9.77. The molecular formula is C38H43NO6. The predicted octanol–water partition coefficient (Wildman–Crippen LogP) is 6.55. The number of carbonyl (C=O) groups is 1. The van der Waals surface area contributed by atoms with Gasteiger partial charge in [0.15, 0.2) is 0 Å². The van der Waals surface area contributed by atoms with Crippen LogP contribution in [0.5, 0.6) is 0 Å². The van der Waals surface area contributed by atoms with Gasteiger partial charge in [-0.25, -0.2) is 4.79 Å². The Morgan fingerprint density at radius 2 is 1.36 bits per heavy atom. The number of methoxy groups -OCH3 is 1. The van der Waals surface area contributed by atoms with Gasteiger partial charge in [-0.15, -0.1) is 0 Å². The Balaban J connectivity index is 1.46. The van der Waals surface area contributed by atoms with Gasteiger partial charge in [0.25, 0.3) is 0 Å². The first-order valence-corrected chi connectivity index (χ1v) is 15.5. The third kappa shape index (κ3) is 7.63. The van der Waals surface area contributed by atoms with Crippen molar-refractivity contribution in [3.63, 3.8) is 0 Å². The highest BCUT2D eigenvalue weighted by molar-refractivity contribution is 5.65. The number of rotatable bonds is 13. The van der Waals surface area contributed by atoms with Crippen molar-refractivity contribution in [3.8, 4) is 0 Å². The summed E-state index contributed by atoms with van der Waals surface area (Å²) in [6.45, 7) is 4.32. The van der Waals surface area contributed by atoms with Crippen LogP contribution in [0, 0.1) is 11.8 Å². The number of aliphatic hydroxyl groups is 1. The molecule has 1 aliphatic heterocycles. The van der Waals surface area contributed by atoms with Crippen molar-refractivity contribution in [2.45, 2.75) is 31.2 Å². The Morgan fingerprint density at radius 3 is 1.84 bits per heavy atom. The first-order valence-electron chi connectivity index (χ1n) is 15.5. The molecule has 4 atom stereocenters. The van der Waals surface area contributed by atoms with Crippen molar-refractivity contribution in [1.29, 1.82) is 0 Å². The van der Waals surface area contributed by atoms with E-state index < -0.39 is 17.8 Å². The molecule has 0 saturated carbocycles. The van der Waals surface area contributed by atoms with E-state index in [1.165, 1.54) is 4.90 Å². The number of amides is 1. The number of β-amino-alcohol motifs (C(OH)–C–C–N with tert-alkyl or cyclic N) is 1. The molecule has 7 nitrogen and oxygen atoms in total. The van der Waals surface area contributed by atoms with Crippen LogP contribution in [0.4, 0.5) is 4.79 Å². The van der Waals surface area contributed by atoms with Crippen LogP contribution in [0.25, 0.3) is 0 Å². The van der Waals surface area contributed by atoms with Crippen LogP contribution in [0.1, 0.15) is 40.7 Å². The van der Waals surface area contributed by atoms with Gasteiger partial charge in [0.1, 0.15) is 5.60 Å². The van der Waals surface area contributed by atoms with Gasteiger partial charge in [0.05, 0.1) is 39.1 Å². The molecule has 4 aromatic rings. The van der Waals surface area contributed by atoms with Gasteiger partial charge in [-0.05, 0) is 27.8 Å². The van der Waals surface area contributed by atoms with E-state index in [2.05, 4.69) is 43.3 Å². The van der Waals surface area contributed by atoms with Gasteiger partial charge in [-0.2, -0.15) is 0 Å². The SMILES string of the molecule is COC[C@H](C)COCc1ccc([C@H]2[C@H](COC(c3ccccc3)(c3ccccc3)c3ccccc3)CN(C(=O)O)C[C@@H]2O)cc1. The number of ether oxygens (including phenoxy) is 3. The van der Waals surface area contributed by atoms with Crippen molar-refractivity contribution in [3.05, 3.63) is 143 Å². The Bertz CT molecular complexity index is 1370. The molecule has 0 unspecified atom stereocenters. The highest BCUT2D eigenvalue weighted by atomic mass is 16.5. The van der Waals surface area contributed by atoms with E-state index in [-0.39, 0.29) is 31.5 Å². The summed E-state index contributed by atoms with van der Waals surface area (Å²) in [7, 11) is 1.69. The summed E-state index contributed by atoms with van der Waals surface area (Å²) in [6, 6.07) is 38.4. The summed E-state index contributed by atoms with van der Waals surface area (Å²) in [5, 5.41) is 21.4. The molecule has 45 heavy (non-hydrogen) atoms. The van der Waals surface area contributed by atoms with Crippen molar-refractivity contribution in [2.75, 3.05) is 40.0 Å². The molecule has 1 amide bonds. The lowest BCUT2D eigenvalue weighted by molar-refractivity contribution is -0.0513. The summed E-state index contributed by atoms with van der Waals surface area (Å²) < 4.78 is 18.2. The first-order chi connectivity index (χ1) is 21.9. The zero-order chi connectivity index (χ0) is 31.6. The fourth-order valence-electron chi connectivity index (χ4n) is 6.48. The van der Waals surface area contributed by atoms with Crippen molar-refractivity contribution >= 4 is 6.09 Å². The number of aliphatic hydroxyl groups excluding tert-OH is 1. The molecule has 1 aliphatic rings. The minimum atomic E-state index is -1.05. The molecule has 2 N–H and O–H groups in total. The van der Waals surface area contributed by atoms with Gasteiger partial charge < -0.3 is 29.3 Å². The molecule has 7 heteroatoms. The molecule has 4 aromatic carbocycles. The second-order valence-electron chi connectivity index (χ2n) is 11.9. The van der Waals surface area contributed by atoms with Crippen molar-refractivity contribution < 1.29 is 29.2 Å². The third-order valence-electron chi connectivity index (χ3n) is 8.60. The van der Waals surface area contributed by atoms with Crippen LogP contribution in [0.15, 0.2) is 115 Å². The smallest absolute Gasteiger partial charge is 0.407 e. The fourth-order valence-corrected chi connectivity index (χ4v) is 6.48. The van der Waals surface area contributed by atoms with Gasteiger partial charge in [-0.1, -0.05) is 122 Å². The van der Waals surface area contributed by atoms with E-state index in [0.717, 1.165) is 27.8 Å². The first kappa shape index (κ1) is 32.4. The van der Waals surface area contributed by atoms with Crippen LogP contribution in [0.3, 0.4) is 0 Å². The average Bonchev–Trinajstić information content (AvgIpc) is 3.07. The summed E-state index contributed by atoms with van der Waals surface area (Å²) in [4.78, 5) is 13.4. The van der Waals surface area contributed by atoms with Gasteiger partial charge >= 0.3 is 6.09 Å². The number of likely N-dealkylation sites (tertiary alicyclic amines) is 1. The number of carboxylic acid groups (broad SMARTS) is 1.